The van der Waals surface area contributed by atoms with E-state index in [9.17, 15) is 0 Å². The number of aromatic nitrogens is 1. The number of piperidine rings is 1. The number of pyridine rings is 1. The van der Waals surface area contributed by atoms with E-state index in [1.54, 1.807) is 0 Å². The Morgan fingerprint density at radius 2 is 1.70 bits per heavy atom. The van der Waals surface area contributed by atoms with Gasteiger partial charge in [0.2, 0.25) is 0 Å². The molecule has 122 valence electrons. The second-order valence-corrected chi connectivity index (χ2v) is 6.74. The van der Waals surface area contributed by atoms with Crippen LogP contribution < -0.4 is 9.80 Å². The number of rotatable bonds is 2. The van der Waals surface area contributed by atoms with Gasteiger partial charge in [-0.25, -0.2) is 4.98 Å². The molecule has 0 amide bonds. The van der Waals surface area contributed by atoms with E-state index in [-0.39, 0.29) is 0 Å². The number of halogens is 1. The summed E-state index contributed by atoms with van der Waals surface area (Å²) in [5.41, 5.74) is 2.26. The molecule has 2 aliphatic rings. The third-order valence-corrected chi connectivity index (χ3v) is 5.00. The molecule has 2 aromatic rings. The monoisotopic (exact) mass is 331 g/mol. The highest BCUT2D eigenvalue weighted by atomic mass is 35.5. The molecule has 0 atom stereocenters. The molecule has 4 nitrogen and oxygen atoms in total. The minimum absolute atomic E-state index is 0.763. The highest BCUT2D eigenvalue weighted by Gasteiger charge is 2.19. The predicted octanol–water partition coefficient (Wildman–Crippen LogP) is 3.72. The first-order valence-corrected chi connectivity index (χ1v) is 8.87. The average molecular weight is 332 g/mol. The van der Waals surface area contributed by atoms with E-state index in [0.29, 0.717) is 0 Å². The van der Waals surface area contributed by atoms with Crippen molar-refractivity contribution in [2.75, 3.05) is 49.2 Å². The van der Waals surface area contributed by atoms with E-state index in [0.717, 1.165) is 61.1 Å². The number of morpholine rings is 1. The Morgan fingerprint density at radius 3 is 2.48 bits per heavy atom. The lowest BCUT2D eigenvalue weighted by atomic mass is 10.1. The van der Waals surface area contributed by atoms with Crippen molar-refractivity contribution in [1.82, 2.24) is 4.98 Å². The van der Waals surface area contributed by atoms with Gasteiger partial charge in [0.1, 0.15) is 5.82 Å². The van der Waals surface area contributed by atoms with Gasteiger partial charge in [-0.05, 0) is 37.5 Å². The Balaban J connectivity index is 1.80. The number of hydrogen-bond donors (Lipinski definition) is 0. The van der Waals surface area contributed by atoms with Crippen molar-refractivity contribution in [2.24, 2.45) is 0 Å². The Bertz CT molecular complexity index is 694. The van der Waals surface area contributed by atoms with Crippen LogP contribution in [0.2, 0.25) is 5.02 Å². The molecule has 0 radical (unpaired) electrons. The summed E-state index contributed by atoms with van der Waals surface area (Å²) in [6.45, 7) is 5.62. The molecule has 23 heavy (non-hydrogen) atoms. The van der Waals surface area contributed by atoms with Gasteiger partial charge in [-0.3, -0.25) is 0 Å². The minimum atomic E-state index is 0.763. The van der Waals surface area contributed by atoms with Crippen LogP contribution in [0, 0.1) is 0 Å². The first-order valence-electron chi connectivity index (χ1n) is 8.49. The zero-order chi connectivity index (χ0) is 15.6. The largest absolute Gasteiger partial charge is 0.378 e. The van der Waals surface area contributed by atoms with Crippen LogP contribution in [0.5, 0.6) is 0 Å². The van der Waals surface area contributed by atoms with Gasteiger partial charge in [0.25, 0.3) is 0 Å². The van der Waals surface area contributed by atoms with Crippen molar-refractivity contribution < 1.29 is 4.74 Å². The molecular formula is C18H22ClN3O. The van der Waals surface area contributed by atoms with Gasteiger partial charge in [0, 0.05) is 42.7 Å². The maximum Gasteiger partial charge on any atom is 0.131 e. The lowest BCUT2D eigenvalue weighted by Crippen LogP contribution is -2.37. The lowest BCUT2D eigenvalue weighted by Gasteiger charge is -2.32. The van der Waals surface area contributed by atoms with Crippen LogP contribution in [0.15, 0.2) is 24.3 Å². The summed E-state index contributed by atoms with van der Waals surface area (Å²) in [5.74, 6) is 1.10. The number of ether oxygens (including phenoxy) is 1. The molecule has 0 spiro atoms. The van der Waals surface area contributed by atoms with Crippen molar-refractivity contribution in [1.29, 1.82) is 0 Å². The summed E-state index contributed by atoms with van der Waals surface area (Å²) in [5, 5.41) is 1.90. The number of anilines is 2. The minimum Gasteiger partial charge on any atom is -0.378 e. The van der Waals surface area contributed by atoms with E-state index in [2.05, 4.69) is 15.9 Å². The highest BCUT2D eigenvalue weighted by molar-refractivity contribution is 6.31. The fourth-order valence-electron chi connectivity index (χ4n) is 3.52. The Kier molecular flexibility index (Phi) is 4.27. The van der Waals surface area contributed by atoms with Crippen molar-refractivity contribution >= 4 is 34.0 Å². The first-order chi connectivity index (χ1) is 11.3. The second-order valence-electron chi connectivity index (χ2n) is 6.31. The summed E-state index contributed by atoms with van der Waals surface area (Å²) < 4.78 is 5.51. The maximum atomic E-state index is 6.24. The Morgan fingerprint density at radius 1 is 0.913 bits per heavy atom. The van der Waals surface area contributed by atoms with Crippen LogP contribution >= 0.6 is 11.6 Å². The fourth-order valence-corrected chi connectivity index (χ4v) is 3.69. The third-order valence-electron chi connectivity index (χ3n) is 4.77. The van der Waals surface area contributed by atoms with Crippen molar-refractivity contribution in [2.45, 2.75) is 19.3 Å². The smallest absolute Gasteiger partial charge is 0.131 e. The molecule has 2 fully saturated rings. The average Bonchev–Trinajstić information content (AvgIpc) is 2.62. The number of nitrogens with zero attached hydrogens (tertiary/aromatic N) is 3. The second kappa shape index (κ2) is 6.54. The topological polar surface area (TPSA) is 28.6 Å². The molecule has 4 rings (SSSR count). The van der Waals surface area contributed by atoms with Crippen LogP contribution in [0.4, 0.5) is 11.5 Å². The summed E-state index contributed by atoms with van der Waals surface area (Å²) in [6, 6.07) is 8.25. The molecule has 0 saturated carbocycles. The summed E-state index contributed by atoms with van der Waals surface area (Å²) in [6.07, 6.45) is 3.84. The van der Waals surface area contributed by atoms with Gasteiger partial charge >= 0.3 is 0 Å². The molecule has 2 saturated heterocycles. The molecule has 1 aromatic heterocycles. The molecule has 0 bridgehead atoms. The molecule has 0 N–H and O–H groups in total. The van der Waals surface area contributed by atoms with Gasteiger partial charge in [-0.15, -0.1) is 0 Å². The van der Waals surface area contributed by atoms with Crippen LogP contribution in [0.1, 0.15) is 19.3 Å². The molecule has 3 heterocycles. The zero-order valence-corrected chi connectivity index (χ0v) is 14.1. The van der Waals surface area contributed by atoms with Crippen molar-refractivity contribution in [3.63, 3.8) is 0 Å². The molecule has 0 aliphatic carbocycles. The van der Waals surface area contributed by atoms with E-state index < -0.39 is 0 Å². The summed E-state index contributed by atoms with van der Waals surface area (Å²) in [4.78, 5) is 9.72. The quantitative estimate of drug-likeness (QED) is 0.838. The maximum absolute atomic E-state index is 6.24. The van der Waals surface area contributed by atoms with Crippen molar-refractivity contribution in [3.05, 3.63) is 29.3 Å². The standard InChI is InChI=1S/C18H22ClN3O/c19-14-4-5-16-15(12-14)17(21-8-10-23-11-9-21)13-18(20-16)22-6-2-1-3-7-22/h4-5,12-13H,1-3,6-11H2. The van der Waals surface area contributed by atoms with E-state index in [1.165, 1.54) is 24.9 Å². The van der Waals surface area contributed by atoms with Crippen LogP contribution in [-0.2, 0) is 4.74 Å². The predicted molar refractivity (Wildman–Crippen MR) is 95.8 cm³/mol. The molecule has 0 unspecified atom stereocenters. The Labute approximate surface area is 142 Å². The zero-order valence-electron chi connectivity index (χ0n) is 13.3. The summed E-state index contributed by atoms with van der Waals surface area (Å²) >= 11 is 6.24. The number of benzene rings is 1. The molecule has 1 aromatic carbocycles. The molecular weight excluding hydrogens is 310 g/mol. The van der Waals surface area contributed by atoms with Crippen LogP contribution in [-0.4, -0.2) is 44.4 Å². The number of hydrogen-bond acceptors (Lipinski definition) is 4. The Hall–Kier alpha value is -1.52. The van der Waals surface area contributed by atoms with Crippen LogP contribution in [0.3, 0.4) is 0 Å². The third kappa shape index (κ3) is 3.10. The normalized spacial score (nSPS) is 19.3. The SMILES string of the molecule is Clc1ccc2nc(N3CCCCC3)cc(N3CCOCC3)c2c1. The first kappa shape index (κ1) is 15.0. The van der Waals surface area contributed by atoms with Gasteiger partial charge in [0.15, 0.2) is 0 Å². The molecule has 2 aliphatic heterocycles. The van der Waals surface area contributed by atoms with Gasteiger partial charge in [-0.2, -0.15) is 0 Å². The highest BCUT2D eigenvalue weighted by Crippen LogP contribution is 2.33. The fraction of sp³-hybridized carbons (Fsp3) is 0.500. The van der Waals surface area contributed by atoms with Gasteiger partial charge < -0.3 is 14.5 Å². The lowest BCUT2D eigenvalue weighted by molar-refractivity contribution is 0.123. The van der Waals surface area contributed by atoms with E-state index >= 15 is 0 Å². The van der Waals surface area contributed by atoms with Gasteiger partial charge in [0.05, 0.1) is 24.4 Å². The summed E-state index contributed by atoms with van der Waals surface area (Å²) in [7, 11) is 0. The van der Waals surface area contributed by atoms with Crippen LogP contribution in [0.25, 0.3) is 10.9 Å². The molecule has 5 heteroatoms. The van der Waals surface area contributed by atoms with E-state index in [1.807, 2.05) is 18.2 Å². The van der Waals surface area contributed by atoms with Crippen molar-refractivity contribution in [3.8, 4) is 0 Å². The number of fused-ring (bicyclic) bond motifs is 1. The van der Waals surface area contributed by atoms with E-state index in [4.69, 9.17) is 21.3 Å². The van der Waals surface area contributed by atoms with Gasteiger partial charge in [-0.1, -0.05) is 11.6 Å².